The van der Waals surface area contributed by atoms with Gasteiger partial charge in [-0.05, 0) is 12.1 Å². The van der Waals surface area contributed by atoms with E-state index in [9.17, 15) is 22.0 Å². The Bertz CT molecular complexity index is 530. The first-order chi connectivity index (χ1) is 7.78. The minimum Gasteiger partial charge on any atom is -0.478 e. The van der Waals surface area contributed by atoms with Gasteiger partial charge >= 0.3 is 11.7 Å². The molecule has 94 valence electrons. The molecule has 0 bridgehead atoms. The summed E-state index contributed by atoms with van der Waals surface area (Å²) in [4.78, 5) is 10.8. The van der Waals surface area contributed by atoms with Gasteiger partial charge in [0.1, 0.15) is 0 Å². The zero-order chi connectivity index (χ0) is 13.2. The first-order valence-electron chi connectivity index (χ1n) is 4.36. The van der Waals surface area contributed by atoms with Crippen molar-refractivity contribution in [1.82, 2.24) is 0 Å². The molecule has 8 heteroatoms. The number of carboxylic acid groups (broad SMARTS) is 1. The fourth-order valence-electron chi connectivity index (χ4n) is 1.19. The van der Waals surface area contributed by atoms with Gasteiger partial charge in [0.25, 0.3) is 10.0 Å². The Hall–Kier alpha value is -1.70. The van der Waals surface area contributed by atoms with Crippen molar-refractivity contribution >= 4 is 21.7 Å². The van der Waals surface area contributed by atoms with Crippen molar-refractivity contribution in [1.29, 1.82) is 0 Å². The van der Waals surface area contributed by atoms with E-state index >= 15 is 0 Å². The van der Waals surface area contributed by atoms with Crippen molar-refractivity contribution in [2.45, 2.75) is 5.76 Å². The minimum atomic E-state index is -4.85. The molecule has 0 aliphatic carbocycles. The van der Waals surface area contributed by atoms with Crippen molar-refractivity contribution in [3.05, 3.63) is 29.8 Å². The van der Waals surface area contributed by atoms with Crippen LogP contribution >= 0.6 is 0 Å². The van der Waals surface area contributed by atoms with Gasteiger partial charge in [-0.1, -0.05) is 12.1 Å². The van der Waals surface area contributed by atoms with Gasteiger partial charge in [-0.15, -0.1) is 0 Å². The number of carbonyl (C=O) groups is 1. The molecule has 17 heavy (non-hydrogen) atoms. The van der Waals surface area contributed by atoms with Crippen LogP contribution in [0.3, 0.4) is 0 Å². The molecule has 0 atom stereocenters. The molecule has 0 aliphatic rings. The average Bonchev–Trinajstić information content (AvgIpc) is 2.27. The van der Waals surface area contributed by atoms with Gasteiger partial charge < -0.3 is 5.11 Å². The van der Waals surface area contributed by atoms with Gasteiger partial charge in [0.05, 0.1) is 11.3 Å². The summed E-state index contributed by atoms with van der Waals surface area (Å²) < 4.78 is 47.3. The SMILES string of the molecule is CN(c1ccccc1C(=O)O)S(=O)(=O)C(F)F. The van der Waals surface area contributed by atoms with Gasteiger partial charge in [-0.25, -0.2) is 13.2 Å². The average molecular weight is 265 g/mol. The number of hydrogen-bond acceptors (Lipinski definition) is 3. The molecular formula is C9H9F2NO4S. The summed E-state index contributed by atoms with van der Waals surface area (Å²) in [6.45, 7) is 0. The number of sulfonamides is 1. The van der Waals surface area contributed by atoms with E-state index in [1.54, 1.807) is 0 Å². The number of rotatable bonds is 4. The molecule has 1 aromatic rings. The normalized spacial score (nSPS) is 11.5. The largest absolute Gasteiger partial charge is 0.478 e. The minimum absolute atomic E-state index is 0.265. The molecule has 0 amide bonds. The third-order valence-corrected chi connectivity index (χ3v) is 3.49. The molecule has 0 aliphatic heterocycles. The molecule has 1 rings (SSSR count). The predicted molar refractivity (Wildman–Crippen MR) is 56.7 cm³/mol. The Kier molecular flexibility index (Phi) is 3.66. The van der Waals surface area contributed by atoms with E-state index < -0.39 is 21.8 Å². The van der Waals surface area contributed by atoms with Gasteiger partial charge in [0.15, 0.2) is 0 Å². The molecule has 0 fully saturated rings. The highest BCUT2D eigenvalue weighted by atomic mass is 32.2. The second-order valence-electron chi connectivity index (χ2n) is 3.10. The van der Waals surface area contributed by atoms with Crippen LogP contribution in [0, 0.1) is 0 Å². The number of para-hydroxylation sites is 1. The van der Waals surface area contributed by atoms with Crippen LogP contribution in [0.2, 0.25) is 0 Å². The summed E-state index contributed by atoms with van der Waals surface area (Å²) in [5.41, 5.74) is -0.667. The number of anilines is 1. The quantitative estimate of drug-likeness (QED) is 0.892. The van der Waals surface area contributed by atoms with Crippen LogP contribution in [0.4, 0.5) is 14.5 Å². The molecule has 0 saturated heterocycles. The van der Waals surface area contributed by atoms with Gasteiger partial charge in [-0.2, -0.15) is 8.78 Å². The van der Waals surface area contributed by atoms with E-state index in [2.05, 4.69) is 0 Å². The van der Waals surface area contributed by atoms with Crippen LogP contribution in [-0.4, -0.2) is 32.3 Å². The van der Waals surface area contributed by atoms with E-state index in [1.165, 1.54) is 12.1 Å². The molecule has 0 unspecified atom stereocenters. The molecule has 0 radical (unpaired) electrons. The van der Waals surface area contributed by atoms with Crippen LogP contribution in [0.1, 0.15) is 10.4 Å². The highest BCUT2D eigenvalue weighted by Crippen LogP contribution is 2.24. The van der Waals surface area contributed by atoms with Crippen molar-refractivity contribution in [2.75, 3.05) is 11.4 Å². The second-order valence-corrected chi connectivity index (χ2v) is 5.03. The highest BCUT2D eigenvalue weighted by molar-refractivity contribution is 7.93. The third-order valence-electron chi connectivity index (χ3n) is 2.08. The van der Waals surface area contributed by atoms with E-state index in [1.807, 2.05) is 0 Å². The van der Waals surface area contributed by atoms with Crippen molar-refractivity contribution < 1.29 is 27.1 Å². The maximum atomic E-state index is 12.3. The van der Waals surface area contributed by atoms with Crippen LogP contribution < -0.4 is 4.31 Å². The molecular weight excluding hydrogens is 256 g/mol. The Balaban J connectivity index is 3.31. The molecule has 0 saturated carbocycles. The van der Waals surface area contributed by atoms with Crippen molar-refractivity contribution in [2.24, 2.45) is 0 Å². The van der Waals surface area contributed by atoms with E-state index in [4.69, 9.17) is 5.11 Å². The Morgan fingerprint density at radius 2 is 1.88 bits per heavy atom. The second kappa shape index (κ2) is 4.66. The topological polar surface area (TPSA) is 74.7 Å². The lowest BCUT2D eigenvalue weighted by Crippen LogP contribution is -2.32. The smallest absolute Gasteiger partial charge is 0.355 e. The first-order valence-corrected chi connectivity index (χ1v) is 5.87. The first kappa shape index (κ1) is 13.4. The number of aromatic carboxylic acids is 1. The summed E-state index contributed by atoms with van der Waals surface area (Å²) in [7, 11) is -3.97. The Morgan fingerprint density at radius 1 is 1.35 bits per heavy atom. The molecule has 5 nitrogen and oxygen atoms in total. The molecule has 0 heterocycles. The summed E-state index contributed by atoms with van der Waals surface area (Å²) in [6.07, 6.45) is 0. The number of alkyl halides is 2. The Morgan fingerprint density at radius 3 is 2.35 bits per heavy atom. The standard InChI is InChI=1S/C9H9F2NO4S/c1-12(17(15,16)9(10)11)7-5-3-2-4-6(7)8(13)14/h2-5,9H,1H3,(H,13,14). The lowest BCUT2D eigenvalue weighted by atomic mass is 10.2. The van der Waals surface area contributed by atoms with Crippen LogP contribution in [-0.2, 0) is 10.0 Å². The number of carboxylic acids is 1. The summed E-state index contributed by atoms with van der Waals surface area (Å²) in [6, 6.07) is 5.01. The summed E-state index contributed by atoms with van der Waals surface area (Å²) in [5, 5.41) is 8.81. The van der Waals surface area contributed by atoms with E-state index in [0.717, 1.165) is 19.2 Å². The maximum Gasteiger partial charge on any atom is 0.355 e. The number of hydrogen-bond donors (Lipinski definition) is 1. The van der Waals surface area contributed by atoms with Crippen LogP contribution in [0.5, 0.6) is 0 Å². The van der Waals surface area contributed by atoms with E-state index in [-0.39, 0.29) is 15.6 Å². The molecule has 1 N–H and O–H groups in total. The zero-order valence-corrected chi connectivity index (χ0v) is 9.49. The highest BCUT2D eigenvalue weighted by Gasteiger charge is 2.31. The van der Waals surface area contributed by atoms with Crippen LogP contribution in [0.25, 0.3) is 0 Å². The van der Waals surface area contributed by atoms with Crippen molar-refractivity contribution in [3.8, 4) is 0 Å². The monoisotopic (exact) mass is 265 g/mol. The van der Waals surface area contributed by atoms with E-state index in [0.29, 0.717) is 0 Å². The fourth-order valence-corrected chi connectivity index (χ4v) is 1.86. The fraction of sp³-hybridized carbons (Fsp3) is 0.222. The summed E-state index contributed by atoms with van der Waals surface area (Å²) >= 11 is 0. The zero-order valence-electron chi connectivity index (χ0n) is 8.67. The number of benzene rings is 1. The number of halogens is 2. The maximum absolute atomic E-state index is 12.3. The third kappa shape index (κ3) is 2.52. The molecule has 0 aromatic heterocycles. The predicted octanol–water partition coefficient (Wildman–Crippen LogP) is 1.37. The number of nitrogens with zero attached hydrogens (tertiary/aromatic N) is 1. The van der Waals surface area contributed by atoms with Crippen molar-refractivity contribution in [3.63, 3.8) is 0 Å². The van der Waals surface area contributed by atoms with Crippen LogP contribution in [0.15, 0.2) is 24.3 Å². The van der Waals surface area contributed by atoms with Gasteiger partial charge in [-0.3, -0.25) is 4.31 Å². The lowest BCUT2D eigenvalue weighted by molar-refractivity contribution is 0.0697. The Labute approximate surface area is 96.3 Å². The molecule has 1 aromatic carbocycles. The van der Waals surface area contributed by atoms with Gasteiger partial charge in [0, 0.05) is 7.05 Å². The lowest BCUT2D eigenvalue weighted by Gasteiger charge is -2.20. The van der Waals surface area contributed by atoms with Gasteiger partial charge in [0.2, 0.25) is 0 Å². The summed E-state index contributed by atoms with van der Waals surface area (Å²) in [5.74, 6) is -4.99. The molecule has 0 spiro atoms.